The maximum Gasteiger partial charge on any atom is 0.146 e. The van der Waals surface area contributed by atoms with Gasteiger partial charge in [0.25, 0.3) is 0 Å². The summed E-state index contributed by atoms with van der Waals surface area (Å²) < 4.78 is 5.65. The van der Waals surface area contributed by atoms with Crippen molar-refractivity contribution in [1.82, 2.24) is 0 Å². The van der Waals surface area contributed by atoms with Gasteiger partial charge in [0.2, 0.25) is 0 Å². The topological polar surface area (TPSA) is 59.1 Å². The average molecular weight is 295 g/mol. The van der Waals surface area contributed by atoms with Crippen LogP contribution in [-0.4, -0.2) is 5.84 Å². The third-order valence-corrected chi connectivity index (χ3v) is 3.15. The Kier molecular flexibility index (Phi) is 3.98. The number of aryl methyl sites for hydroxylation is 1. The zero-order valence-corrected chi connectivity index (χ0v) is 11.7. The van der Waals surface area contributed by atoms with Crippen LogP contribution in [0.1, 0.15) is 11.1 Å². The van der Waals surface area contributed by atoms with Crippen LogP contribution >= 0.6 is 23.2 Å². The Morgan fingerprint density at radius 1 is 1.11 bits per heavy atom. The first-order valence-corrected chi connectivity index (χ1v) is 6.31. The smallest absolute Gasteiger partial charge is 0.146 e. The highest BCUT2D eigenvalue weighted by Crippen LogP contribution is 2.31. The zero-order chi connectivity index (χ0) is 14.0. The largest absolute Gasteiger partial charge is 0.456 e. The minimum absolute atomic E-state index is 0.0788. The molecular weight excluding hydrogens is 283 g/mol. The van der Waals surface area contributed by atoms with Crippen LogP contribution in [0, 0.1) is 12.3 Å². The molecule has 3 N–H and O–H groups in total. The molecule has 0 spiro atoms. The second kappa shape index (κ2) is 5.51. The van der Waals surface area contributed by atoms with Crippen molar-refractivity contribution in [3.8, 4) is 11.5 Å². The molecular formula is C14H12Cl2N2O. The number of amidine groups is 1. The fourth-order valence-electron chi connectivity index (χ4n) is 1.59. The lowest BCUT2D eigenvalue weighted by molar-refractivity contribution is 0.483. The highest BCUT2D eigenvalue weighted by molar-refractivity contribution is 6.34. The maximum atomic E-state index is 7.36. The molecule has 2 aromatic rings. The first-order valence-electron chi connectivity index (χ1n) is 5.55. The van der Waals surface area contributed by atoms with Gasteiger partial charge in [0.15, 0.2) is 0 Å². The molecule has 0 aliphatic carbocycles. The third kappa shape index (κ3) is 3.19. The molecule has 0 bridgehead atoms. The van der Waals surface area contributed by atoms with Gasteiger partial charge in [-0.1, -0.05) is 29.3 Å². The lowest BCUT2D eigenvalue weighted by atomic mass is 10.2. The quantitative estimate of drug-likeness (QED) is 0.652. The lowest BCUT2D eigenvalue weighted by Crippen LogP contribution is -2.11. The molecule has 0 unspecified atom stereocenters. The average Bonchev–Trinajstić information content (AvgIpc) is 2.32. The van der Waals surface area contributed by atoms with Gasteiger partial charge < -0.3 is 10.5 Å². The zero-order valence-electron chi connectivity index (χ0n) is 10.2. The van der Waals surface area contributed by atoms with E-state index in [9.17, 15) is 0 Å². The van der Waals surface area contributed by atoms with Crippen molar-refractivity contribution in [3.05, 3.63) is 57.6 Å². The maximum absolute atomic E-state index is 7.36. The van der Waals surface area contributed by atoms with E-state index in [1.54, 1.807) is 24.3 Å². The molecule has 0 aromatic heterocycles. The molecule has 0 aliphatic rings. The molecule has 0 fully saturated rings. The molecule has 2 aromatic carbocycles. The summed E-state index contributed by atoms with van der Waals surface area (Å²) in [6.07, 6.45) is 0. The standard InChI is InChI=1S/C14H12Cl2N2O/c1-8-2-5-13(12(16)6-8)19-9-3-4-10(14(17)18)11(15)7-9/h2-7H,1H3,(H3,17,18). The van der Waals surface area contributed by atoms with Crippen molar-refractivity contribution >= 4 is 29.0 Å². The number of rotatable bonds is 3. The molecule has 19 heavy (non-hydrogen) atoms. The lowest BCUT2D eigenvalue weighted by Gasteiger charge is -2.10. The summed E-state index contributed by atoms with van der Waals surface area (Å²) in [7, 11) is 0. The second-order valence-electron chi connectivity index (χ2n) is 4.09. The number of ether oxygens (including phenoxy) is 1. The van der Waals surface area contributed by atoms with Crippen molar-refractivity contribution in [3.63, 3.8) is 0 Å². The molecule has 0 saturated heterocycles. The van der Waals surface area contributed by atoms with E-state index in [4.69, 9.17) is 39.1 Å². The van der Waals surface area contributed by atoms with Crippen LogP contribution in [0.3, 0.4) is 0 Å². The Morgan fingerprint density at radius 3 is 2.42 bits per heavy atom. The van der Waals surface area contributed by atoms with Gasteiger partial charge in [-0.2, -0.15) is 0 Å². The molecule has 0 radical (unpaired) electrons. The summed E-state index contributed by atoms with van der Waals surface area (Å²) >= 11 is 12.1. The number of nitrogen functional groups attached to an aromatic ring is 1. The summed E-state index contributed by atoms with van der Waals surface area (Å²) in [5.41, 5.74) is 6.93. The number of hydrogen-bond acceptors (Lipinski definition) is 2. The fraction of sp³-hybridized carbons (Fsp3) is 0.0714. The van der Waals surface area contributed by atoms with Gasteiger partial charge >= 0.3 is 0 Å². The Balaban J connectivity index is 2.29. The van der Waals surface area contributed by atoms with Gasteiger partial charge in [-0.25, -0.2) is 0 Å². The number of halogens is 2. The van der Waals surface area contributed by atoms with Gasteiger partial charge in [-0.15, -0.1) is 0 Å². The fourth-order valence-corrected chi connectivity index (χ4v) is 2.14. The van der Waals surface area contributed by atoms with Gasteiger partial charge in [-0.3, -0.25) is 5.41 Å². The summed E-state index contributed by atoms with van der Waals surface area (Å²) in [5.74, 6) is 1.02. The van der Waals surface area contributed by atoms with Crippen molar-refractivity contribution in [1.29, 1.82) is 5.41 Å². The predicted octanol–water partition coefficient (Wildman–Crippen LogP) is 4.38. The van der Waals surface area contributed by atoms with Crippen molar-refractivity contribution in [2.45, 2.75) is 6.92 Å². The van der Waals surface area contributed by atoms with E-state index in [2.05, 4.69) is 0 Å². The van der Waals surface area contributed by atoms with Gasteiger partial charge in [0, 0.05) is 11.6 Å². The summed E-state index contributed by atoms with van der Waals surface area (Å²) in [6, 6.07) is 10.5. The first kappa shape index (κ1) is 13.7. The normalized spacial score (nSPS) is 10.3. The highest BCUT2D eigenvalue weighted by Gasteiger charge is 2.07. The molecule has 0 saturated carbocycles. The minimum Gasteiger partial charge on any atom is -0.456 e. The highest BCUT2D eigenvalue weighted by atomic mass is 35.5. The molecule has 3 nitrogen and oxygen atoms in total. The van der Waals surface area contributed by atoms with E-state index in [1.807, 2.05) is 19.1 Å². The molecule has 0 aliphatic heterocycles. The van der Waals surface area contributed by atoms with E-state index in [-0.39, 0.29) is 5.84 Å². The first-order chi connectivity index (χ1) is 8.97. The Bertz CT molecular complexity index is 641. The van der Waals surface area contributed by atoms with Crippen LogP contribution in [0.15, 0.2) is 36.4 Å². The van der Waals surface area contributed by atoms with Crippen LogP contribution in [0.4, 0.5) is 0 Å². The van der Waals surface area contributed by atoms with Crippen molar-refractivity contribution < 1.29 is 4.74 Å². The SMILES string of the molecule is Cc1ccc(Oc2ccc(C(=N)N)c(Cl)c2)c(Cl)c1. The predicted molar refractivity (Wildman–Crippen MR) is 78.7 cm³/mol. The van der Waals surface area contributed by atoms with Crippen molar-refractivity contribution in [2.24, 2.45) is 5.73 Å². The van der Waals surface area contributed by atoms with E-state index < -0.39 is 0 Å². The van der Waals surface area contributed by atoms with E-state index in [0.29, 0.717) is 27.1 Å². The van der Waals surface area contributed by atoms with Crippen LogP contribution in [0.2, 0.25) is 10.0 Å². The van der Waals surface area contributed by atoms with Crippen LogP contribution in [0.25, 0.3) is 0 Å². The Morgan fingerprint density at radius 2 is 1.84 bits per heavy atom. The Hall–Kier alpha value is -1.71. The molecule has 0 amide bonds. The summed E-state index contributed by atoms with van der Waals surface area (Å²) in [5, 5.41) is 8.26. The molecule has 2 rings (SSSR count). The van der Waals surface area contributed by atoms with E-state index >= 15 is 0 Å². The third-order valence-electron chi connectivity index (χ3n) is 2.55. The summed E-state index contributed by atoms with van der Waals surface area (Å²) in [4.78, 5) is 0. The molecule has 98 valence electrons. The van der Waals surface area contributed by atoms with E-state index in [1.165, 1.54) is 0 Å². The number of nitrogens with two attached hydrogens (primary N) is 1. The van der Waals surface area contributed by atoms with Gasteiger partial charge in [-0.05, 0) is 36.8 Å². The monoisotopic (exact) mass is 294 g/mol. The number of nitrogens with one attached hydrogen (secondary N) is 1. The van der Waals surface area contributed by atoms with Crippen LogP contribution in [0.5, 0.6) is 11.5 Å². The molecule has 0 heterocycles. The number of benzene rings is 2. The van der Waals surface area contributed by atoms with E-state index in [0.717, 1.165) is 5.56 Å². The summed E-state index contributed by atoms with van der Waals surface area (Å²) in [6.45, 7) is 1.95. The van der Waals surface area contributed by atoms with Gasteiger partial charge in [0.1, 0.15) is 17.3 Å². The van der Waals surface area contributed by atoms with Gasteiger partial charge in [0.05, 0.1) is 10.0 Å². The second-order valence-corrected chi connectivity index (χ2v) is 4.91. The minimum atomic E-state index is -0.0788. The van der Waals surface area contributed by atoms with Crippen LogP contribution in [-0.2, 0) is 0 Å². The molecule has 0 atom stereocenters. The van der Waals surface area contributed by atoms with Crippen molar-refractivity contribution in [2.75, 3.05) is 0 Å². The molecule has 5 heteroatoms. The number of hydrogen-bond donors (Lipinski definition) is 2. The Labute approximate surface area is 121 Å². The van der Waals surface area contributed by atoms with Crippen LogP contribution < -0.4 is 10.5 Å².